The number of alkyl halides is 3. The van der Waals surface area contributed by atoms with Crippen LogP contribution in [0, 0.1) is 6.92 Å². The minimum absolute atomic E-state index is 0.0533. The van der Waals surface area contributed by atoms with Crippen LogP contribution < -0.4 is 11.1 Å². The van der Waals surface area contributed by atoms with Crippen LogP contribution in [0.15, 0.2) is 36.5 Å². The number of pyridine rings is 1. The van der Waals surface area contributed by atoms with Crippen LogP contribution in [0.25, 0.3) is 16.6 Å². The number of ether oxygens (including phenoxy) is 1. The van der Waals surface area contributed by atoms with E-state index in [-0.39, 0.29) is 5.69 Å². The van der Waals surface area contributed by atoms with E-state index in [2.05, 4.69) is 20.3 Å². The zero-order chi connectivity index (χ0) is 22.2. The SMILES string of the molecule is Cc1nc(N[C@H](C)c2cc(N)cc(C(F)(F)F)c2)c2cc(C3=CCOCC3)cnc2n1. The highest BCUT2D eigenvalue weighted by Crippen LogP contribution is 2.34. The number of nitrogen functional groups attached to an aromatic ring is 1. The first-order valence-corrected chi connectivity index (χ1v) is 9.86. The van der Waals surface area contributed by atoms with Gasteiger partial charge < -0.3 is 15.8 Å². The van der Waals surface area contributed by atoms with Gasteiger partial charge in [0.2, 0.25) is 0 Å². The largest absolute Gasteiger partial charge is 0.416 e. The van der Waals surface area contributed by atoms with Gasteiger partial charge in [0.05, 0.1) is 30.2 Å². The summed E-state index contributed by atoms with van der Waals surface area (Å²) in [6.07, 6.45) is 0.0933. The van der Waals surface area contributed by atoms with Crippen molar-refractivity contribution < 1.29 is 17.9 Å². The number of halogens is 3. The highest BCUT2D eigenvalue weighted by molar-refractivity contribution is 5.89. The zero-order valence-corrected chi connectivity index (χ0v) is 17.1. The molecule has 6 nitrogen and oxygen atoms in total. The van der Waals surface area contributed by atoms with E-state index in [0.29, 0.717) is 41.5 Å². The second kappa shape index (κ2) is 8.14. The van der Waals surface area contributed by atoms with Gasteiger partial charge >= 0.3 is 6.18 Å². The van der Waals surface area contributed by atoms with E-state index in [9.17, 15) is 13.2 Å². The minimum atomic E-state index is -4.47. The third-order valence-electron chi connectivity index (χ3n) is 5.16. The van der Waals surface area contributed by atoms with Gasteiger partial charge in [-0.15, -0.1) is 0 Å². The molecule has 1 aliphatic rings. The highest BCUT2D eigenvalue weighted by Gasteiger charge is 2.31. The summed E-state index contributed by atoms with van der Waals surface area (Å²) >= 11 is 0. The first-order valence-electron chi connectivity index (χ1n) is 9.86. The van der Waals surface area contributed by atoms with Gasteiger partial charge in [-0.3, -0.25) is 0 Å². The number of nitrogens with one attached hydrogen (secondary N) is 1. The molecule has 4 rings (SSSR count). The van der Waals surface area contributed by atoms with Crippen molar-refractivity contribution in [3.63, 3.8) is 0 Å². The quantitative estimate of drug-likeness (QED) is 0.573. The first kappa shape index (κ1) is 21.0. The molecule has 1 aliphatic heterocycles. The van der Waals surface area contributed by atoms with Gasteiger partial charge in [-0.2, -0.15) is 13.2 Å². The van der Waals surface area contributed by atoms with E-state index >= 15 is 0 Å². The third kappa shape index (κ3) is 4.61. The molecule has 0 aliphatic carbocycles. The van der Waals surface area contributed by atoms with Crippen LogP contribution in [0.1, 0.15) is 41.9 Å². The Kier molecular flexibility index (Phi) is 5.53. The molecule has 1 atom stereocenters. The number of aryl methyl sites for hydroxylation is 1. The predicted octanol–water partition coefficient (Wildman–Crippen LogP) is 4.91. The van der Waals surface area contributed by atoms with Gasteiger partial charge in [0, 0.05) is 11.9 Å². The lowest BCUT2D eigenvalue weighted by Crippen LogP contribution is -2.13. The molecule has 9 heteroatoms. The lowest BCUT2D eigenvalue weighted by Gasteiger charge is -2.19. The summed E-state index contributed by atoms with van der Waals surface area (Å²) in [5.74, 6) is 1.02. The van der Waals surface area contributed by atoms with E-state index in [1.807, 2.05) is 12.1 Å². The van der Waals surface area contributed by atoms with E-state index in [1.165, 1.54) is 6.07 Å². The van der Waals surface area contributed by atoms with E-state index < -0.39 is 17.8 Å². The molecule has 0 amide bonds. The molecule has 0 saturated carbocycles. The van der Waals surface area contributed by atoms with Crippen molar-refractivity contribution in [2.45, 2.75) is 32.5 Å². The summed E-state index contributed by atoms with van der Waals surface area (Å²) < 4.78 is 45.0. The van der Waals surface area contributed by atoms with Crippen molar-refractivity contribution >= 4 is 28.1 Å². The number of nitrogens with two attached hydrogens (primary N) is 1. The molecule has 162 valence electrons. The fourth-order valence-corrected chi connectivity index (χ4v) is 3.57. The summed E-state index contributed by atoms with van der Waals surface area (Å²) in [6.45, 7) is 4.70. The van der Waals surface area contributed by atoms with E-state index in [0.717, 1.165) is 29.7 Å². The first-order chi connectivity index (χ1) is 14.7. The summed E-state index contributed by atoms with van der Waals surface area (Å²) in [5.41, 5.74) is 8.00. The molecule has 0 radical (unpaired) electrons. The fraction of sp³-hybridized carbons (Fsp3) is 0.318. The van der Waals surface area contributed by atoms with Crippen LogP contribution in [0.4, 0.5) is 24.7 Å². The lowest BCUT2D eigenvalue weighted by molar-refractivity contribution is -0.137. The van der Waals surface area contributed by atoms with Crippen LogP contribution in [0.3, 0.4) is 0 Å². The molecule has 0 bridgehead atoms. The number of nitrogens with zero attached hydrogens (tertiary/aromatic N) is 3. The minimum Gasteiger partial charge on any atom is -0.399 e. The van der Waals surface area contributed by atoms with Gasteiger partial charge in [-0.25, -0.2) is 15.0 Å². The zero-order valence-electron chi connectivity index (χ0n) is 17.1. The number of anilines is 2. The van der Waals surface area contributed by atoms with Gasteiger partial charge in [0.15, 0.2) is 5.65 Å². The molecule has 0 spiro atoms. The standard InChI is InChI=1S/C22H22F3N5O/c1-12(15-7-17(22(23,24)25)10-18(26)8-15)28-21-19-9-16(14-3-5-31-6-4-14)11-27-20(19)29-13(2)30-21/h3,7-12H,4-6,26H2,1-2H3,(H,27,28,29,30)/t12-/m1/s1. The van der Waals surface area contributed by atoms with Crippen LogP contribution in [-0.4, -0.2) is 28.2 Å². The van der Waals surface area contributed by atoms with Gasteiger partial charge in [0.25, 0.3) is 0 Å². The summed E-state index contributed by atoms with van der Waals surface area (Å²) in [4.78, 5) is 13.4. The average Bonchev–Trinajstić information content (AvgIpc) is 2.73. The van der Waals surface area contributed by atoms with Crippen LogP contribution in [0.5, 0.6) is 0 Å². The second-order valence-electron chi connectivity index (χ2n) is 7.52. The molecule has 0 saturated heterocycles. The number of aromatic nitrogens is 3. The maximum atomic E-state index is 13.2. The van der Waals surface area contributed by atoms with Gasteiger partial charge in [-0.1, -0.05) is 6.08 Å². The summed E-state index contributed by atoms with van der Waals surface area (Å²) in [7, 11) is 0. The Morgan fingerprint density at radius 3 is 2.68 bits per heavy atom. The molecular formula is C22H22F3N5O. The van der Waals surface area contributed by atoms with Crippen molar-refractivity contribution in [3.05, 3.63) is 59.1 Å². The molecule has 0 fully saturated rings. The second-order valence-corrected chi connectivity index (χ2v) is 7.52. The number of fused-ring (bicyclic) bond motifs is 1. The van der Waals surface area contributed by atoms with Crippen LogP contribution >= 0.6 is 0 Å². The Bertz CT molecular complexity index is 1160. The Hall–Kier alpha value is -3.20. The smallest absolute Gasteiger partial charge is 0.399 e. The topological polar surface area (TPSA) is 86.0 Å². The van der Waals surface area contributed by atoms with Gasteiger partial charge in [-0.05, 0) is 61.2 Å². The number of hydrogen-bond acceptors (Lipinski definition) is 6. The van der Waals surface area contributed by atoms with Crippen molar-refractivity contribution in [1.29, 1.82) is 0 Å². The van der Waals surface area contributed by atoms with Crippen molar-refractivity contribution in [3.8, 4) is 0 Å². The Morgan fingerprint density at radius 1 is 1.16 bits per heavy atom. The molecule has 2 aromatic heterocycles. The highest BCUT2D eigenvalue weighted by atomic mass is 19.4. The number of hydrogen-bond donors (Lipinski definition) is 2. The molecule has 3 aromatic rings. The average molecular weight is 429 g/mol. The van der Waals surface area contributed by atoms with Crippen molar-refractivity contribution in [2.75, 3.05) is 24.3 Å². The normalized spacial score (nSPS) is 15.6. The van der Waals surface area contributed by atoms with E-state index in [4.69, 9.17) is 10.5 Å². The van der Waals surface area contributed by atoms with Crippen LogP contribution in [0.2, 0.25) is 0 Å². The summed E-state index contributed by atoms with van der Waals surface area (Å²) in [6, 6.07) is 5.03. The third-order valence-corrected chi connectivity index (χ3v) is 5.16. The van der Waals surface area contributed by atoms with Gasteiger partial charge in [0.1, 0.15) is 11.6 Å². The summed E-state index contributed by atoms with van der Waals surface area (Å²) in [5, 5.41) is 3.92. The fourth-order valence-electron chi connectivity index (χ4n) is 3.57. The van der Waals surface area contributed by atoms with E-state index in [1.54, 1.807) is 20.0 Å². The molecule has 0 unspecified atom stereocenters. The Labute approximate surface area is 177 Å². The van der Waals surface area contributed by atoms with Crippen molar-refractivity contribution in [2.24, 2.45) is 0 Å². The monoisotopic (exact) mass is 429 g/mol. The number of benzene rings is 1. The number of rotatable bonds is 4. The maximum absolute atomic E-state index is 13.2. The maximum Gasteiger partial charge on any atom is 0.416 e. The lowest BCUT2D eigenvalue weighted by atomic mass is 10.0. The Morgan fingerprint density at radius 2 is 1.97 bits per heavy atom. The molecule has 1 aromatic carbocycles. The predicted molar refractivity (Wildman–Crippen MR) is 113 cm³/mol. The Balaban J connectivity index is 1.72. The molecule has 3 heterocycles. The van der Waals surface area contributed by atoms with Crippen molar-refractivity contribution in [1.82, 2.24) is 15.0 Å². The molecule has 3 N–H and O–H groups in total. The molecule has 31 heavy (non-hydrogen) atoms. The van der Waals surface area contributed by atoms with Crippen LogP contribution in [-0.2, 0) is 10.9 Å². The molecular weight excluding hydrogens is 407 g/mol.